The van der Waals surface area contributed by atoms with Gasteiger partial charge >= 0.3 is 0 Å². The number of methoxy groups -OCH3 is 1. The van der Waals surface area contributed by atoms with E-state index in [0.29, 0.717) is 21.4 Å². The first-order valence-corrected chi connectivity index (χ1v) is 10.8. The number of nitrogens with one attached hydrogen (secondary N) is 1. The van der Waals surface area contributed by atoms with E-state index in [1.54, 1.807) is 24.9 Å². The minimum atomic E-state index is -0.132. The summed E-state index contributed by atoms with van der Waals surface area (Å²) in [5.74, 6) is 1.31. The standard InChI is InChI=1S/C23H21Cl2NO2S/c1-15(16-3-6-19(24)7-4-16)26-23(27)17-5-12-22(28-2)18(13-17)14-29-21-10-8-20(25)9-11-21/h3-13,15H,14H2,1-2H3,(H,26,27)/t15-/m1/s1. The number of hydrogen-bond acceptors (Lipinski definition) is 3. The zero-order valence-electron chi connectivity index (χ0n) is 16.1. The van der Waals surface area contributed by atoms with Gasteiger partial charge in [0.05, 0.1) is 13.2 Å². The second-order valence-corrected chi connectivity index (χ2v) is 8.44. The lowest BCUT2D eigenvalue weighted by Gasteiger charge is -2.16. The smallest absolute Gasteiger partial charge is 0.251 e. The number of halogens is 2. The molecule has 29 heavy (non-hydrogen) atoms. The van der Waals surface area contributed by atoms with Crippen LogP contribution < -0.4 is 10.1 Å². The van der Waals surface area contributed by atoms with Gasteiger partial charge in [0, 0.05) is 31.8 Å². The van der Waals surface area contributed by atoms with E-state index in [4.69, 9.17) is 27.9 Å². The quantitative estimate of drug-likeness (QED) is 0.407. The Bertz CT molecular complexity index is 975. The molecule has 3 aromatic carbocycles. The normalized spacial score (nSPS) is 11.7. The molecule has 0 bridgehead atoms. The van der Waals surface area contributed by atoms with Crippen molar-refractivity contribution >= 4 is 40.9 Å². The van der Waals surface area contributed by atoms with Crippen LogP contribution in [-0.2, 0) is 5.75 Å². The van der Waals surface area contributed by atoms with Crippen molar-refractivity contribution in [1.82, 2.24) is 5.32 Å². The molecule has 1 amide bonds. The highest BCUT2D eigenvalue weighted by molar-refractivity contribution is 7.98. The fourth-order valence-corrected chi connectivity index (χ4v) is 3.97. The molecule has 0 aliphatic heterocycles. The second kappa shape index (κ2) is 10.1. The monoisotopic (exact) mass is 445 g/mol. The maximum Gasteiger partial charge on any atom is 0.251 e. The van der Waals surface area contributed by atoms with E-state index in [1.807, 2.05) is 67.6 Å². The lowest BCUT2D eigenvalue weighted by molar-refractivity contribution is 0.0939. The highest BCUT2D eigenvalue weighted by atomic mass is 35.5. The van der Waals surface area contributed by atoms with Crippen LogP contribution in [0.1, 0.15) is 34.5 Å². The van der Waals surface area contributed by atoms with Crippen LogP contribution in [0.3, 0.4) is 0 Å². The summed E-state index contributed by atoms with van der Waals surface area (Å²) in [5, 5.41) is 4.41. The summed E-state index contributed by atoms with van der Waals surface area (Å²) in [6.07, 6.45) is 0. The Hall–Kier alpha value is -2.14. The number of amides is 1. The van der Waals surface area contributed by atoms with Crippen molar-refractivity contribution in [3.05, 3.63) is 93.5 Å². The zero-order valence-corrected chi connectivity index (χ0v) is 18.4. The molecule has 0 fully saturated rings. The minimum Gasteiger partial charge on any atom is -0.496 e. The van der Waals surface area contributed by atoms with Crippen LogP contribution in [0, 0.1) is 0 Å². The molecule has 0 unspecified atom stereocenters. The maximum absolute atomic E-state index is 12.8. The Morgan fingerprint density at radius 1 is 1.00 bits per heavy atom. The molecule has 3 aromatic rings. The predicted molar refractivity (Wildman–Crippen MR) is 121 cm³/mol. The van der Waals surface area contributed by atoms with Crippen molar-refractivity contribution in [2.45, 2.75) is 23.6 Å². The summed E-state index contributed by atoms with van der Waals surface area (Å²) in [5.41, 5.74) is 2.55. The molecule has 0 aliphatic carbocycles. The number of rotatable bonds is 7. The number of carbonyl (C=O) groups is 1. The first-order valence-electron chi connectivity index (χ1n) is 9.08. The number of carbonyl (C=O) groups excluding carboxylic acids is 1. The molecule has 0 radical (unpaired) electrons. The molecular weight excluding hydrogens is 425 g/mol. The molecule has 0 heterocycles. The Morgan fingerprint density at radius 2 is 1.62 bits per heavy atom. The average Bonchev–Trinajstić information content (AvgIpc) is 2.73. The molecule has 150 valence electrons. The minimum absolute atomic E-state index is 0.131. The highest BCUT2D eigenvalue weighted by Crippen LogP contribution is 2.29. The summed E-state index contributed by atoms with van der Waals surface area (Å²) in [6, 6.07) is 20.5. The third-order valence-electron chi connectivity index (χ3n) is 4.47. The van der Waals surface area contributed by atoms with Crippen LogP contribution in [0.2, 0.25) is 10.0 Å². The van der Waals surface area contributed by atoms with Crippen molar-refractivity contribution in [3.63, 3.8) is 0 Å². The van der Waals surface area contributed by atoms with Gasteiger partial charge in [0.2, 0.25) is 0 Å². The van der Waals surface area contributed by atoms with Gasteiger partial charge in [-0.15, -0.1) is 11.8 Å². The van der Waals surface area contributed by atoms with Crippen LogP contribution in [-0.4, -0.2) is 13.0 Å². The summed E-state index contributed by atoms with van der Waals surface area (Å²) < 4.78 is 5.47. The van der Waals surface area contributed by atoms with Crippen LogP contribution >= 0.6 is 35.0 Å². The van der Waals surface area contributed by atoms with E-state index in [1.165, 1.54) is 0 Å². The lowest BCUT2D eigenvalue weighted by Crippen LogP contribution is -2.26. The molecule has 0 spiro atoms. The molecule has 1 atom stereocenters. The Labute approximate surface area is 185 Å². The number of hydrogen-bond donors (Lipinski definition) is 1. The molecular formula is C23H21Cl2NO2S. The van der Waals surface area contributed by atoms with Gasteiger partial charge in [-0.2, -0.15) is 0 Å². The fraction of sp³-hybridized carbons (Fsp3) is 0.174. The molecule has 0 saturated heterocycles. The number of thioether (sulfide) groups is 1. The fourth-order valence-electron chi connectivity index (χ4n) is 2.84. The first-order chi connectivity index (χ1) is 14.0. The molecule has 3 nitrogen and oxygen atoms in total. The van der Waals surface area contributed by atoms with Gasteiger partial charge in [-0.1, -0.05) is 35.3 Å². The molecule has 6 heteroatoms. The van der Waals surface area contributed by atoms with Crippen molar-refractivity contribution in [2.75, 3.05) is 7.11 Å². The largest absolute Gasteiger partial charge is 0.496 e. The Kier molecular flexibility index (Phi) is 7.48. The number of ether oxygens (including phenoxy) is 1. The first kappa shape index (κ1) is 21.6. The lowest BCUT2D eigenvalue weighted by atomic mass is 10.1. The van der Waals surface area contributed by atoms with E-state index < -0.39 is 0 Å². The van der Waals surface area contributed by atoms with Gasteiger partial charge in [0.25, 0.3) is 5.91 Å². The van der Waals surface area contributed by atoms with Crippen molar-refractivity contribution in [3.8, 4) is 5.75 Å². The predicted octanol–water partition coefficient (Wildman–Crippen LogP) is 6.79. The van der Waals surface area contributed by atoms with Crippen molar-refractivity contribution in [2.24, 2.45) is 0 Å². The van der Waals surface area contributed by atoms with Crippen LogP contribution in [0.15, 0.2) is 71.6 Å². The van der Waals surface area contributed by atoms with Gasteiger partial charge in [-0.25, -0.2) is 0 Å². The summed E-state index contributed by atoms with van der Waals surface area (Å²) in [7, 11) is 1.63. The van der Waals surface area contributed by atoms with E-state index in [0.717, 1.165) is 21.8 Å². The zero-order chi connectivity index (χ0) is 20.8. The van der Waals surface area contributed by atoms with E-state index in [2.05, 4.69) is 5.32 Å². The maximum atomic E-state index is 12.8. The highest BCUT2D eigenvalue weighted by Gasteiger charge is 2.14. The van der Waals surface area contributed by atoms with Crippen LogP contribution in [0.5, 0.6) is 5.75 Å². The topological polar surface area (TPSA) is 38.3 Å². The molecule has 1 N–H and O–H groups in total. The van der Waals surface area contributed by atoms with Gasteiger partial charge in [-0.3, -0.25) is 4.79 Å². The van der Waals surface area contributed by atoms with Gasteiger partial charge in [0.15, 0.2) is 0 Å². The van der Waals surface area contributed by atoms with E-state index in [9.17, 15) is 4.79 Å². The van der Waals surface area contributed by atoms with Crippen LogP contribution in [0.4, 0.5) is 0 Å². The molecule has 0 aromatic heterocycles. The van der Waals surface area contributed by atoms with Gasteiger partial charge < -0.3 is 10.1 Å². The van der Waals surface area contributed by atoms with E-state index in [-0.39, 0.29) is 11.9 Å². The average molecular weight is 446 g/mol. The molecule has 0 aliphatic rings. The summed E-state index contributed by atoms with van der Waals surface area (Å²) in [6.45, 7) is 1.95. The number of benzene rings is 3. The van der Waals surface area contributed by atoms with Gasteiger partial charge in [0.1, 0.15) is 5.75 Å². The Morgan fingerprint density at radius 3 is 2.24 bits per heavy atom. The summed E-state index contributed by atoms with van der Waals surface area (Å²) in [4.78, 5) is 13.9. The SMILES string of the molecule is COc1ccc(C(=O)N[C@H](C)c2ccc(Cl)cc2)cc1CSc1ccc(Cl)cc1. The summed E-state index contributed by atoms with van der Waals surface area (Å²) >= 11 is 13.5. The van der Waals surface area contributed by atoms with Gasteiger partial charge in [-0.05, 0) is 67.1 Å². The third kappa shape index (κ3) is 5.92. The van der Waals surface area contributed by atoms with E-state index >= 15 is 0 Å². The van der Waals surface area contributed by atoms with Crippen molar-refractivity contribution < 1.29 is 9.53 Å². The second-order valence-electron chi connectivity index (χ2n) is 6.52. The molecule has 3 rings (SSSR count). The van der Waals surface area contributed by atoms with Crippen molar-refractivity contribution in [1.29, 1.82) is 0 Å². The molecule has 0 saturated carbocycles. The Balaban J connectivity index is 1.71. The van der Waals surface area contributed by atoms with Crippen LogP contribution in [0.25, 0.3) is 0 Å². The third-order valence-corrected chi connectivity index (χ3v) is 6.03.